The van der Waals surface area contributed by atoms with Gasteiger partial charge in [0, 0.05) is 50.5 Å². The normalized spacial score (nSPS) is 11.9. The van der Waals surface area contributed by atoms with Gasteiger partial charge in [0.25, 0.3) is 0 Å². The minimum Gasteiger partial charge on any atom is -0.491 e. The second kappa shape index (κ2) is 16.0. The zero-order chi connectivity index (χ0) is 31.5. The zero-order valence-corrected chi connectivity index (χ0v) is 26.7. The molecule has 0 aliphatic carbocycles. The van der Waals surface area contributed by atoms with E-state index in [9.17, 15) is 13.7 Å². The monoisotopic (exact) mass is 631 g/mol. The topological polar surface area (TPSA) is 130 Å². The molecule has 1 aromatic heterocycles. The summed E-state index contributed by atoms with van der Waals surface area (Å²) in [4.78, 5) is 7.76. The van der Waals surface area contributed by atoms with Gasteiger partial charge in [-0.3, -0.25) is 0 Å². The van der Waals surface area contributed by atoms with Crippen LogP contribution in [0.25, 0.3) is 0 Å². The fraction of sp³-hybridized carbons (Fsp3) is 0.452. The highest BCUT2D eigenvalue weighted by molar-refractivity contribution is 7.90. The molecule has 0 atom stereocenters. The lowest BCUT2D eigenvalue weighted by atomic mass is 9.77. The molecule has 3 aromatic rings. The Balaban J connectivity index is 1.56. The minimum absolute atomic E-state index is 0.187. The summed E-state index contributed by atoms with van der Waals surface area (Å²) in [7, 11) is -0.311. The van der Waals surface area contributed by atoms with E-state index < -0.39 is 15.3 Å². The van der Waals surface area contributed by atoms with Crippen LogP contribution >= 0.6 is 11.6 Å². The number of nitrogens with zero attached hydrogens (tertiary/aromatic N) is 3. The molecule has 232 valence electrons. The molecule has 0 aliphatic heterocycles. The smallest absolute Gasteiger partial charge is 0.246 e. The number of unbranched alkanes of at least 4 members (excludes halogenated alkanes) is 2. The largest absolute Gasteiger partial charge is 0.491 e. The second-order valence-electron chi connectivity index (χ2n) is 10.4. The molecule has 0 saturated heterocycles. The summed E-state index contributed by atoms with van der Waals surface area (Å²) in [5.41, 5.74) is 2.44. The molecule has 0 saturated carbocycles. The van der Waals surface area contributed by atoms with Crippen LogP contribution < -0.4 is 9.47 Å². The molecule has 0 unspecified atom stereocenters. The first-order valence-electron chi connectivity index (χ1n) is 13.7. The summed E-state index contributed by atoms with van der Waals surface area (Å²) < 4.78 is 50.5. The van der Waals surface area contributed by atoms with Gasteiger partial charge in [0.2, 0.25) is 15.0 Å². The molecule has 1 heterocycles. The Kier molecular flexibility index (Phi) is 12.7. The Morgan fingerprint density at radius 3 is 2.21 bits per heavy atom. The van der Waals surface area contributed by atoms with Crippen LogP contribution in [0.2, 0.25) is 5.02 Å². The highest BCUT2D eigenvalue weighted by atomic mass is 35.5. The molecule has 10 nitrogen and oxygen atoms in total. The third-order valence-electron chi connectivity index (χ3n) is 6.84. The summed E-state index contributed by atoms with van der Waals surface area (Å²) in [6, 6.07) is 13.5. The Morgan fingerprint density at radius 1 is 0.953 bits per heavy atom. The van der Waals surface area contributed by atoms with Gasteiger partial charge in [0.05, 0.1) is 23.8 Å². The van der Waals surface area contributed by atoms with Crippen molar-refractivity contribution >= 4 is 21.4 Å². The number of sulfone groups is 1. The first-order chi connectivity index (χ1) is 20.5. The van der Waals surface area contributed by atoms with Crippen LogP contribution in [-0.2, 0) is 36.1 Å². The number of halogens is 1. The number of methoxy groups -OCH3 is 2. The quantitative estimate of drug-likeness (QED) is 0.107. The third-order valence-corrected chi connectivity index (χ3v) is 7.99. The number of hydrogen-bond donors (Lipinski definition) is 0. The maximum Gasteiger partial charge on any atom is 0.246 e. The van der Waals surface area contributed by atoms with Crippen molar-refractivity contribution in [1.82, 2.24) is 9.97 Å². The van der Waals surface area contributed by atoms with Gasteiger partial charge in [0.1, 0.15) is 18.4 Å². The SMILES string of the molecule is COC(COCCCCCOc1c(Cl)cc(C(C)(C)c2ccc(OCc3cnc(S(C)(=O)=O)nc3)cc2)cc1C#N)OC. The summed E-state index contributed by atoms with van der Waals surface area (Å²) in [5, 5.41) is 10.0. The number of benzene rings is 2. The molecule has 0 aliphatic rings. The van der Waals surface area contributed by atoms with Crippen molar-refractivity contribution in [2.45, 2.75) is 56.6 Å². The van der Waals surface area contributed by atoms with E-state index in [0.717, 1.165) is 36.6 Å². The standard InChI is InChI=1S/C31H38ClN3O7S/c1-31(2,24-9-11-26(12-10-24)42-20-22-18-34-30(35-19-22)43(5,36)37)25-15-23(17-33)29(27(32)16-25)41-14-8-6-7-13-40-21-28(38-3)39-4/h9-12,15-16,18-19,28H,6-8,13-14,20-21H2,1-5H3. The number of hydrogen-bond acceptors (Lipinski definition) is 10. The maximum atomic E-state index is 11.5. The maximum absolute atomic E-state index is 11.5. The van der Waals surface area contributed by atoms with E-state index in [1.54, 1.807) is 14.2 Å². The number of rotatable bonds is 17. The van der Waals surface area contributed by atoms with Crippen LogP contribution in [0.4, 0.5) is 0 Å². The predicted octanol–water partition coefficient (Wildman–Crippen LogP) is 5.49. The lowest BCUT2D eigenvalue weighted by Crippen LogP contribution is -2.20. The highest BCUT2D eigenvalue weighted by Crippen LogP contribution is 2.38. The predicted molar refractivity (Wildman–Crippen MR) is 162 cm³/mol. The van der Waals surface area contributed by atoms with E-state index >= 15 is 0 Å². The number of aromatic nitrogens is 2. The third kappa shape index (κ3) is 9.88. The molecule has 0 amide bonds. The van der Waals surface area contributed by atoms with Crippen LogP contribution in [0.1, 0.15) is 55.4 Å². The van der Waals surface area contributed by atoms with Crippen LogP contribution in [0.15, 0.2) is 53.9 Å². The molecule has 0 fully saturated rings. The van der Waals surface area contributed by atoms with Gasteiger partial charge >= 0.3 is 0 Å². The Labute approximate surface area is 258 Å². The van der Waals surface area contributed by atoms with Gasteiger partial charge in [-0.05, 0) is 54.7 Å². The fourth-order valence-electron chi connectivity index (χ4n) is 4.16. The highest BCUT2D eigenvalue weighted by Gasteiger charge is 2.26. The molecule has 12 heteroatoms. The molecule has 43 heavy (non-hydrogen) atoms. The summed E-state index contributed by atoms with van der Waals surface area (Å²) in [5.74, 6) is 1.02. The van der Waals surface area contributed by atoms with E-state index in [4.69, 9.17) is 35.3 Å². The number of ether oxygens (including phenoxy) is 5. The van der Waals surface area contributed by atoms with Crippen molar-refractivity contribution in [1.29, 1.82) is 5.26 Å². The first kappa shape index (κ1) is 34.2. The van der Waals surface area contributed by atoms with E-state index in [-0.39, 0.29) is 18.1 Å². The van der Waals surface area contributed by atoms with Gasteiger partial charge in [0.15, 0.2) is 12.0 Å². The van der Waals surface area contributed by atoms with Gasteiger partial charge in [-0.1, -0.05) is 37.6 Å². The molecule has 0 N–H and O–H groups in total. The van der Waals surface area contributed by atoms with E-state index in [2.05, 4.69) is 29.9 Å². The molecule has 3 rings (SSSR count). The summed E-state index contributed by atoms with van der Waals surface area (Å²) >= 11 is 6.62. The van der Waals surface area contributed by atoms with E-state index in [0.29, 0.717) is 47.5 Å². The Morgan fingerprint density at radius 2 is 1.60 bits per heavy atom. The Bertz CT molecular complexity index is 1470. The van der Waals surface area contributed by atoms with Crippen molar-refractivity contribution in [2.75, 3.05) is 40.3 Å². The van der Waals surface area contributed by atoms with Crippen molar-refractivity contribution in [3.05, 3.63) is 76.1 Å². The molecule has 0 bridgehead atoms. The van der Waals surface area contributed by atoms with Crippen molar-refractivity contribution in [2.24, 2.45) is 0 Å². The molecular weight excluding hydrogens is 594 g/mol. The molecule has 2 aromatic carbocycles. The van der Waals surface area contributed by atoms with Crippen molar-refractivity contribution in [3.63, 3.8) is 0 Å². The van der Waals surface area contributed by atoms with Crippen molar-refractivity contribution in [3.8, 4) is 17.6 Å². The van der Waals surface area contributed by atoms with Crippen LogP contribution in [0.3, 0.4) is 0 Å². The lowest BCUT2D eigenvalue weighted by molar-refractivity contribution is -0.140. The van der Waals surface area contributed by atoms with Gasteiger partial charge < -0.3 is 23.7 Å². The lowest BCUT2D eigenvalue weighted by Gasteiger charge is -2.27. The molecule has 0 spiro atoms. The van der Waals surface area contributed by atoms with E-state index in [1.165, 1.54) is 12.4 Å². The molecular formula is C31H38ClN3O7S. The second-order valence-corrected chi connectivity index (χ2v) is 12.7. The minimum atomic E-state index is -3.46. The van der Waals surface area contributed by atoms with E-state index in [1.807, 2.05) is 36.4 Å². The summed E-state index contributed by atoms with van der Waals surface area (Å²) in [6.07, 6.45) is 6.13. The fourth-order valence-corrected chi connectivity index (χ4v) is 4.93. The van der Waals surface area contributed by atoms with Gasteiger partial charge in [-0.25, -0.2) is 18.4 Å². The van der Waals surface area contributed by atoms with Gasteiger partial charge in [-0.2, -0.15) is 5.26 Å². The van der Waals surface area contributed by atoms with Crippen LogP contribution in [0.5, 0.6) is 11.5 Å². The zero-order valence-electron chi connectivity index (χ0n) is 25.1. The summed E-state index contributed by atoms with van der Waals surface area (Å²) in [6.45, 7) is 5.71. The average Bonchev–Trinajstić information content (AvgIpc) is 2.99. The van der Waals surface area contributed by atoms with Gasteiger partial charge in [-0.15, -0.1) is 0 Å². The molecule has 0 radical (unpaired) electrons. The van der Waals surface area contributed by atoms with Crippen molar-refractivity contribution < 1.29 is 32.1 Å². The first-order valence-corrected chi connectivity index (χ1v) is 16.0. The Hall–Kier alpha value is -3.27. The number of nitriles is 1. The average molecular weight is 632 g/mol. The van der Waals surface area contributed by atoms with Crippen LogP contribution in [0, 0.1) is 11.3 Å². The van der Waals surface area contributed by atoms with Crippen LogP contribution in [-0.4, -0.2) is 65.0 Å².